The molecule has 2 aromatic carbocycles. The number of nitrogens with one attached hydrogen (secondary N) is 1. The van der Waals surface area contributed by atoms with E-state index in [4.69, 9.17) is 9.72 Å². The normalized spacial score (nSPS) is 15.1. The van der Waals surface area contributed by atoms with Crippen molar-refractivity contribution in [1.29, 1.82) is 0 Å². The summed E-state index contributed by atoms with van der Waals surface area (Å²) in [5.41, 5.74) is 8.10. The summed E-state index contributed by atoms with van der Waals surface area (Å²) in [6.07, 6.45) is 13.7. The molecule has 0 aliphatic heterocycles. The van der Waals surface area contributed by atoms with Crippen molar-refractivity contribution in [2.24, 2.45) is 5.41 Å². The van der Waals surface area contributed by atoms with Gasteiger partial charge in [0.1, 0.15) is 11.5 Å². The van der Waals surface area contributed by atoms with Gasteiger partial charge in [0, 0.05) is 11.4 Å². The fourth-order valence-corrected chi connectivity index (χ4v) is 6.37. The van der Waals surface area contributed by atoms with E-state index < -0.39 is 0 Å². The van der Waals surface area contributed by atoms with Crippen LogP contribution in [0.15, 0.2) is 79.4 Å². The van der Waals surface area contributed by atoms with Crippen LogP contribution < -0.4 is 9.46 Å². The minimum absolute atomic E-state index is 0.368. The van der Waals surface area contributed by atoms with Gasteiger partial charge in [0.25, 0.3) is 0 Å². The topological polar surface area (TPSA) is 34.1 Å². The average molecular weight is 599 g/mol. The first-order valence-electron chi connectivity index (χ1n) is 16.0. The van der Waals surface area contributed by atoms with Crippen LogP contribution in [0.1, 0.15) is 106 Å². The lowest BCUT2D eigenvalue weighted by Gasteiger charge is -2.18. The molecule has 4 heteroatoms. The molecule has 0 radical (unpaired) electrons. The maximum absolute atomic E-state index is 6.48. The van der Waals surface area contributed by atoms with Crippen molar-refractivity contribution < 1.29 is 4.74 Å². The number of aromatic nitrogens is 1. The Hall–Kier alpha value is -2.82. The Morgan fingerprint density at radius 3 is 2.42 bits per heavy atom. The quantitative estimate of drug-likeness (QED) is 0.157. The number of nitrogens with zero attached hydrogens (tertiary/aromatic N) is 1. The summed E-state index contributed by atoms with van der Waals surface area (Å²) >= 11 is 1.77. The van der Waals surface area contributed by atoms with E-state index in [1.165, 1.54) is 35.1 Å². The highest BCUT2D eigenvalue weighted by Crippen LogP contribution is 2.42. The van der Waals surface area contributed by atoms with Crippen molar-refractivity contribution in [1.82, 2.24) is 9.71 Å². The third kappa shape index (κ3) is 11.0. The van der Waals surface area contributed by atoms with E-state index in [0.29, 0.717) is 17.3 Å². The zero-order chi connectivity index (χ0) is 31.2. The van der Waals surface area contributed by atoms with Crippen LogP contribution in [0.4, 0.5) is 0 Å². The molecule has 0 fully saturated rings. The molecule has 3 aromatic rings. The lowest BCUT2D eigenvalue weighted by atomic mass is 9.89. The minimum atomic E-state index is 0.368. The third-order valence-electron chi connectivity index (χ3n) is 8.17. The Labute approximate surface area is 266 Å². The van der Waals surface area contributed by atoms with E-state index in [1.54, 1.807) is 11.9 Å². The highest BCUT2D eigenvalue weighted by Gasteiger charge is 2.26. The molecule has 1 N–H and O–H groups in total. The highest BCUT2D eigenvalue weighted by atomic mass is 32.2. The van der Waals surface area contributed by atoms with Gasteiger partial charge in [-0.1, -0.05) is 87.3 Å². The Balaban J connectivity index is 0.00000119. The van der Waals surface area contributed by atoms with Crippen LogP contribution >= 0.6 is 11.9 Å². The van der Waals surface area contributed by atoms with Gasteiger partial charge in [-0.2, -0.15) is 0 Å². The number of aryl methyl sites for hydroxylation is 2. The van der Waals surface area contributed by atoms with E-state index in [-0.39, 0.29) is 0 Å². The molecule has 0 saturated heterocycles. The van der Waals surface area contributed by atoms with Crippen LogP contribution in [0.3, 0.4) is 0 Å². The molecular formula is C39H54N2OS. The first-order chi connectivity index (χ1) is 20.7. The van der Waals surface area contributed by atoms with E-state index in [0.717, 1.165) is 60.7 Å². The monoisotopic (exact) mass is 598 g/mol. The van der Waals surface area contributed by atoms with Gasteiger partial charge in [-0.3, -0.25) is 9.71 Å². The highest BCUT2D eigenvalue weighted by molar-refractivity contribution is 7.97. The first-order valence-corrected chi connectivity index (χ1v) is 17.0. The Morgan fingerprint density at radius 2 is 1.79 bits per heavy atom. The van der Waals surface area contributed by atoms with Crippen molar-refractivity contribution in [2.45, 2.75) is 98.3 Å². The Kier molecular flexibility index (Phi) is 14.1. The van der Waals surface area contributed by atoms with Gasteiger partial charge in [-0.05, 0) is 130 Å². The molecule has 43 heavy (non-hydrogen) atoms. The third-order valence-corrected chi connectivity index (χ3v) is 9.03. The zero-order valence-electron chi connectivity index (χ0n) is 27.7. The van der Waals surface area contributed by atoms with E-state index >= 15 is 0 Å². The SMILES string of the molecule is C/C=C\C.C=CCC(CSNC)c1ccc(CC2CCc3c(Oc4ccc(CCCC(C)(C)C)nc4C)cccc32)cc1. The Bertz CT molecular complexity index is 1300. The lowest BCUT2D eigenvalue weighted by molar-refractivity contribution is 0.365. The number of allylic oxidation sites excluding steroid dienone is 3. The van der Waals surface area contributed by atoms with Crippen LogP contribution in [-0.2, 0) is 19.3 Å². The van der Waals surface area contributed by atoms with E-state index in [2.05, 4.69) is 93.6 Å². The van der Waals surface area contributed by atoms with Gasteiger partial charge < -0.3 is 4.74 Å². The van der Waals surface area contributed by atoms with Crippen LogP contribution in [0.25, 0.3) is 0 Å². The molecule has 3 nitrogen and oxygen atoms in total. The van der Waals surface area contributed by atoms with Gasteiger partial charge in [-0.25, -0.2) is 0 Å². The first kappa shape index (κ1) is 34.7. The summed E-state index contributed by atoms with van der Waals surface area (Å²) in [5, 5.41) is 0. The smallest absolute Gasteiger partial charge is 0.148 e. The van der Waals surface area contributed by atoms with E-state index in [9.17, 15) is 0 Å². The maximum Gasteiger partial charge on any atom is 0.148 e. The standard InChI is InChI=1S/C35H46N2OS.C4H8/c1-7-10-29(24-39-36-6)27-16-14-26(15-17-27)23-28-18-20-32-31(28)12-8-13-34(32)38-33-21-19-30(37-25(33)2)11-9-22-35(3,4)5;1-3-4-2/h7-8,12-17,19,21,28-29,36H,1,9-11,18,20,22-24H2,2-6H3;3-4H,1-2H3/b;4-3-. The number of benzene rings is 2. The summed E-state index contributed by atoms with van der Waals surface area (Å²) in [7, 11) is 1.98. The second-order valence-corrected chi connectivity index (χ2v) is 13.8. The summed E-state index contributed by atoms with van der Waals surface area (Å²) in [5.74, 6) is 3.94. The minimum Gasteiger partial charge on any atom is -0.455 e. The number of hydrogen-bond acceptors (Lipinski definition) is 4. The van der Waals surface area contributed by atoms with Crippen molar-refractivity contribution >= 4 is 11.9 Å². The molecular weight excluding hydrogens is 545 g/mol. The van der Waals surface area contributed by atoms with Crippen LogP contribution in [0.5, 0.6) is 11.5 Å². The number of rotatable bonds is 13. The molecule has 2 atom stereocenters. The summed E-state index contributed by atoms with van der Waals surface area (Å²) in [6.45, 7) is 16.9. The Morgan fingerprint density at radius 1 is 1.05 bits per heavy atom. The second kappa shape index (κ2) is 17.5. The summed E-state index contributed by atoms with van der Waals surface area (Å²) in [4.78, 5) is 4.87. The molecule has 2 unspecified atom stereocenters. The van der Waals surface area contributed by atoms with Crippen molar-refractivity contribution in [3.63, 3.8) is 0 Å². The molecule has 1 aliphatic carbocycles. The fraction of sp³-hybridized carbons (Fsp3) is 0.462. The summed E-state index contributed by atoms with van der Waals surface area (Å²) in [6, 6.07) is 20.1. The molecule has 0 bridgehead atoms. The maximum atomic E-state index is 6.48. The number of fused-ring (bicyclic) bond motifs is 1. The van der Waals surface area contributed by atoms with Crippen LogP contribution in [0.2, 0.25) is 0 Å². The molecule has 1 heterocycles. The van der Waals surface area contributed by atoms with Gasteiger partial charge in [0.05, 0.1) is 5.69 Å². The van der Waals surface area contributed by atoms with Gasteiger partial charge >= 0.3 is 0 Å². The molecule has 1 aromatic heterocycles. The second-order valence-electron chi connectivity index (χ2n) is 12.8. The number of ether oxygens (including phenoxy) is 1. The fourth-order valence-electron chi connectivity index (χ4n) is 5.68. The number of pyridine rings is 1. The molecule has 0 saturated carbocycles. The van der Waals surface area contributed by atoms with E-state index in [1.807, 2.05) is 39.1 Å². The average Bonchev–Trinajstić information content (AvgIpc) is 3.40. The van der Waals surface area contributed by atoms with Crippen molar-refractivity contribution in [3.05, 3.63) is 113 Å². The molecule has 0 spiro atoms. The predicted octanol–water partition coefficient (Wildman–Crippen LogP) is 10.9. The molecule has 232 valence electrons. The van der Waals surface area contributed by atoms with Crippen molar-refractivity contribution in [2.75, 3.05) is 12.8 Å². The molecule has 0 amide bonds. The van der Waals surface area contributed by atoms with Gasteiger partial charge in [0.2, 0.25) is 0 Å². The van der Waals surface area contributed by atoms with Gasteiger partial charge in [-0.15, -0.1) is 6.58 Å². The zero-order valence-corrected chi connectivity index (χ0v) is 28.5. The predicted molar refractivity (Wildman–Crippen MR) is 189 cm³/mol. The van der Waals surface area contributed by atoms with Gasteiger partial charge in [0.15, 0.2) is 0 Å². The summed E-state index contributed by atoms with van der Waals surface area (Å²) < 4.78 is 9.68. The number of hydrogen-bond donors (Lipinski definition) is 1. The largest absolute Gasteiger partial charge is 0.455 e. The molecule has 1 aliphatic rings. The van der Waals surface area contributed by atoms with Crippen molar-refractivity contribution in [3.8, 4) is 11.5 Å². The molecule has 4 rings (SSSR count). The van der Waals surface area contributed by atoms with Crippen LogP contribution in [0, 0.1) is 12.3 Å². The van der Waals surface area contributed by atoms with Crippen LogP contribution in [-0.4, -0.2) is 17.8 Å². The lowest BCUT2D eigenvalue weighted by Crippen LogP contribution is -2.06.